The molecule has 0 aliphatic heterocycles. The average Bonchev–Trinajstić information content (AvgIpc) is 2.78. The number of aromatic amines is 1. The smallest absolute Gasteiger partial charge is 0.343 e. The van der Waals surface area contributed by atoms with Crippen LogP contribution < -0.4 is 11.3 Å². The van der Waals surface area contributed by atoms with E-state index in [1.165, 1.54) is 30.5 Å². The van der Waals surface area contributed by atoms with E-state index >= 15 is 0 Å². The normalized spacial score (nSPS) is 12.2. The van der Waals surface area contributed by atoms with Crippen molar-refractivity contribution in [3.8, 4) is 5.75 Å². The number of benzene rings is 1. The second-order valence-corrected chi connectivity index (χ2v) is 9.09. The maximum Gasteiger partial charge on any atom is 0.343 e. The van der Waals surface area contributed by atoms with E-state index in [2.05, 4.69) is 14.7 Å². The molecular weight excluding hydrogens is 450 g/mol. The number of nitrogens with zero attached hydrogens (tertiary/aromatic N) is 1. The largest absolute Gasteiger partial charge is 0.506 e. The highest BCUT2D eigenvalue weighted by Crippen LogP contribution is 2.37. The maximum absolute atomic E-state index is 13.4. The van der Waals surface area contributed by atoms with Crippen LogP contribution in [-0.4, -0.2) is 42.5 Å². The summed E-state index contributed by atoms with van der Waals surface area (Å²) in [6, 6.07) is 8.85. The van der Waals surface area contributed by atoms with E-state index in [9.17, 15) is 27.9 Å². The minimum absolute atomic E-state index is 0.0420. The number of H-pyrrole nitrogens is 1. The van der Waals surface area contributed by atoms with Gasteiger partial charge in [-0.2, -0.15) is 0 Å². The molecule has 0 saturated heterocycles. The maximum atomic E-state index is 13.4. The SMILES string of the molecule is COC(=O)c1c[nH]c(=O)c(C(CC(N)=O)c2cccnc2S(=O)(=O)c2ccc(C)cc2)c1O. The molecule has 0 bridgehead atoms. The second-order valence-electron chi connectivity index (χ2n) is 7.22. The van der Waals surface area contributed by atoms with Gasteiger partial charge in [-0.3, -0.25) is 9.59 Å². The number of aryl methyl sites for hydroxylation is 1. The average molecular weight is 471 g/mol. The molecule has 3 rings (SSSR count). The van der Waals surface area contributed by atoms with Gasteiger partial charge in [0, 0.05) is 24.7 Å². The molecule has 0 radical (unpaired) electrons. The fourth-order valence-electron chi connectivity index (χ4n) is 3.42. The predicted octanol–water partition coefficient (Wildman–Crippen LogP) is 1.41. The van der Waals surface area contributed by atoms with Gasteiger partial charge in [0.2, 0.25) is 15.7 Å². The standard InChI is InChI=1S/C22H21N3O7S/c1-12-5-7-13(8-6-12)33(30,31)21-14(4-3-9-24-21)15(10-17(23)26)18-19(27)16(22(29)32-2)11-25-20(18)28/h3-9,11,15H,10H2,1-2H3,(H2,23,26)(H2,25,27,28). The van der Waals surface area contributed by atoms with Crippen molar-refractivity contribution in [2.24, 2.45) is 5.73 Å². The zero-order valence-corrected chi connectivity index (χ0v) is 18.5. The summed E-state index contributed by atoms with van der Waals surface area (Å²) in [5, 5.41) is 10.3. The van der Waals surface area contributed by atoms with Crippen LogP contribution in [-0.2, 0) is 19.4 Å². The Labute approximate surface area is 189 Å². The first kappa shape index (κ1) is 23.7. The lowest BCUT2D eigenvalue weighted by Gasteiger charge is -2.20. The molecule has 10 nitrogen and oxygen atoms in total. The molecule has 11 heteroatoms. The number of nitrogens with two attached hydrogens (primary N) is 1. The van der Waals surface area contributed by atoms with E-state index in [4.69, 9.17) is 5.73 Å². The summed E-state index contributed by atoms with van der Waals surface area (Å²) >= 11 is 0. The molecule has 1 aromatic carbocycles. The molecule has 172 valence electrons. The van der Waals surface area contributed by atoms with Crippen molar-refractivity contribution in [1.29, 1.82) is 0 Å². The number of pyridine rings is 2. The van der Waals surface area contributed by atoms with Crippen molar-refractivity contribution in [3.63, 3.8) is 0 Å². The zero-order valence-electron chi connectivity index (χ0n) is 17.7. The summed E-state index contributed by atoms with van der Waals surface area (Å²) in [4.78, 5) is 42.8. The molecule has 0 spiro atoms. The Balaban J connectivity index is 2.30. The molecule has 0 aliphatic carbocycles. The number of hydrogen-bond acceptors (Lipinski definition) is 8. The van der Waals surface area contributed by atoms with Crippen molar-refractivity contribution < 1.29 is 27.9 Å². The van der Waals surface area contributed by atoms with Crippen LogP contribution in [0.15, 0.2) is 63.5 Å². The van der Waals surface area contributed by atoms with Gasteiger partial charge < -0.3 is 20.6 Å². The van der Waals surface area contributed by atoms with Crippen molar-refractivity contribution in [2.75, 3.05) is 7.11 Å². The molecule has 0 fully saturated rings. The monoisotopic (exact) mass is 471 g/mol. The summed E-state index contributed by atoms with van der Waals surface area (Å²) in [5.41, 5.74) is 4.57. The molecular formula is C22H21N3O7S. The molecule has 33 heavy (non-hydrogen) atoms. The zero-order chi connectivity index (χ0) is 24.3. The molecule has 3 aromatic rings. The van der Waals surface area contributed by atoms with Gasteiger partial charge in [0.05, 0.1) is 17.6 Å². The van der Waals surface area contributed by atoms with E-state index in [1.807, 2.05) is 0 Å². The van der Waals surface area contributed by atoms with Crippen LogP contribution >= 0.6 is 0 Å². The summed E-state index contributed by atoms with van der Waals surface area (Å²) in [6.45, 7) is 1.80. The fraction of sp³-hybridized carbons (Fsp3) is 0.182. The third kappa shape index (κ3) is 4.62. The Hall–Kier alpha value is -3.99. The number of rotatable bonds is 7. The lowest BCUT2D eigenvalue weighted by Crippen LogP contribution is -2.25. The van der Waals surface area contributed by atoms with Gasteiger partial charge in [-0.05, 0) is 30.7 Å². The number of hydrogen-bond donors (Lipinski definition) is 3. The van der Waals surface area contributed by atoms with E-state index in [0.29, 0.717) is 0 Å². The third-order valence-corrected chi connectivity index (χ3v) is 6.77. The van der Waals surface area contributed by atoms with Gasteiger partial charge in [0.15, 0.2) is 5.03 Å². The van der Waals surface area contributed by atoms with Crippen LogP contribution in [0.4, 0.5) is 0 Å². The molecule has 1 amide bonds. The van der Waals surface area contributed by atoms with Crippen LogP contribution in [0.3, 0.4) is 0 Å². The summed E-state index contributed by atoms with van der Waals surface area (Å²) in [5.74, 6) is -3.88. The van der Waals surface area contributed by atoms with Gasteiger partial charge in [-0.1, -0.05) is 23.8 Å². The quantitative estimate of drug-likeness (QED) is 0.434. The van der Waals surface area contributed by atoms with E-state index in [-0.39, 0.29) is 16.0 Å². The molecule has 2 aromatic heterocycles. The van der Waals surface area contributed by atoms with Gasteiger partial charge in [-0.15, -0.1) is 0 Å². The molecule has 4 N–H and O–H groups in total. The van der Waals surface area contributed by atoms with Crippen molar-refractivity contribution in [1.82, 2.24) is 9.97 Å². The molecule has 0 aliphatic rings. The number of carbonyl (C=O) groups is 2. The topological polar surface area (TPSA) is 170 Å². The van der Waals surface area contributed by atoms with Crippen molar-refractivity contribution in [3.05, 3.63) is 81.4 Å². The van der Waals surface area contributed by atoms with Crippen LogP contribution in [0.1, 0.15) is 39.4 Å². The van der Waals surface area contributed by atoms with Gasteiger partial charge >= 0.3 is 5.97 Å². The first-order valence-electron chi connectivity index (χ1n) is 9.65. The number of carbonyl (C=O) groups excluding carboxylic acids is 2. The van der Waals surface area contributed by atoms with Gasteiger partial charge in [0.25, 0.3) is 5.56 Å². The number of nitrogens with one attached hydrogen (secondary N) is 1. The van der Waals surface area contributed by atoms with Gasteiger partial charge in [-0.25, -0.2) is 18.2 Å². The minimum Gasteiger partial charge on any atom is -0.506 e. The van der Waals surface area contributed by atoms with E-state index in [1.54, 1.807) is 19.1 Å². The van der Waals surface area contributed by atoms with E-state index in [0.717, 1.165) is 18.9 Å². The Morgan fingerprint density at radius 3 is 2.48 bits per heavy atom. The fourth-order valence-corrected chi connectivity index (χ4v) is 4.85. The number of aromatic nitrogens is 2. The van der Waals surface area contributed by atoms with Crippen LogP contribution in [0.2, 0.25) is 0 Å². The number of primary amides is 1. The highest BCUT2D eigenvalue weighted by Gasteiger charge is 2.33. The third-order valence-electron chi connectivity index (χ3n) is 5.02. The second kappa shape index (κ2) is 9.25. The number of aromatic hydroxyl groups is 1. The van der Waals surface area contributed by atoms with Crippen molar-refractivity contribution >= 4 is 21.7 Å². The Morgan fingerprint density at radius 1 is 1.21 bits per heavy atom. The highest BCUT2D eigenvalue weighted by molar-refractivity contribution is 7.91. The lowest BCUT2D eigenvalue weighted by molar-refractivity contribution is -0.118. The first-order valence-corrected chi connectivity index (χ1v) is 11.1. The first-order chi connectivity index (χ1) is 15.6. The molecule has 0 saturated carbocycles. The predicted molar refractivity (Wildman–Crippen MR) is 117 cm³/mol. The number of ether oxygens (including phenoxy) is 1. The van der Waals surface area contributed by atoms with Crippen LogP contribution in [0, 0.1) is 6.92 Å². The number of methoxy groups -OCH3 is 1. The number of sulfone groups is 1. The number of amides is 1. The number of esters is 1. The van der Waals surface area contributed by atoms with E-state index < -0.39 is 56.0 Å². The molecule has 2 heterocycles. The minimum atomic E-state index is -4.18. The Morgan fingerprint density at radius 2 is 1.88 bits per heavy atom. The van der Waals surface area contributed by atoms with Crippen molar-refractivity contribution in [2.45, 2.75) is 29.2 Å². The van der Waals surface area contributed by atoms with Gasteiger partial charge in [0.1, 0.15) is 11.3 Å². The summed E-state index contributed by atoms with van der Waals surface area (Å²) in [6.07, 6.45) is 1.67. The van der Waals surface area contributed by atoms with Crippen LogP contribution in [0.5, 0.6) is 5.75 Å². The molecule has 1 atom stereocenters. The van der Waals surface area contributed by atoms with Crippen LogP contribution in [0.25, 0.3) is 0 Å². The summed E-state index contributed by atoms with van der Waals surface area (Å²) < 4.78 is 31.4. The Kier molecular flexibility index (Phi) is 6.63. The summed E-state index contributed by atoms with van der Waals surface area (Å²) in [7, 11) is -3.10. The highest BCUT2D eigenvalue weighted by atomic mass is 32.2. The Bertz CT molecular complexity index is 1380. The molecule has 1 unspecified atom stereocenters. The lowest BCUT2D eigenvalue weighted by atomic mass is 9.88.